The molecule has 126 valence electrons. The summed E-state index contributed by atoms with van der Waals surface area (Å²) in [6.45, 7) is 5.60. The quantitative estimate of drug-likeness (QED) is 0.773. The number of likely N-dealkylation sites (tertiary alicyclic amines) is 2. The van der Waals surface area contributed by atoms with Gasteiger partial charge in [-0.1, -0.05) is 12.1 Å². The van der Waals surface area contributed by atoms with Crippen LogP contribution < -0.4 is 0 Å². The second-order valence-electron chi connectivity index (χ2n) is 6.88. The molecule has 2 fully saturated rings. The van der Waals surface area contributed by atoms with E-state index < -0.39 is 0 Å². The summed E-state index contributed by atoms with van der Waals surface area (Å²) in [6, 6.07) is 8.41. The molecule has 1 amide bonds. The van der Waals surface area contributed by atoms with Gasteiger partial charge in [-0.3, -0.25) is 4.79 Å². The van der Waals surface area contributed by atoms with Gasteiger partial charge in [0.2, 0.25) is 5.91 Å². The van der Waals surface area contributed by atoms with Gasteiger partial charge in [0.05, 0.1) is 6.42 Å². The first-order chi connectivity index (χ1) is 11.2. The van der Waals surface area contributed by atoms with Gasteiger partial charge < -0.3 is 9.80 Å². The van der Waals surface area contributed by atoms with E-state index in [1.54, 1.807) is 11.8 Å². The molecule has 23 heavy (non-hydrogen) atoms. The van der Waals surface area contributed by atoms with Gasteiger partial charge in [-0.05, 0) is 68.6 Å². The molecule has 2 heterocycles. The highest BCUT2D eigenvalue weighted by atomic mass is 32.2. The van der Waals surface area contributed by atoms with Gasteiger partial charge in [-0.15, -0.1) is 11.8 Å². The van der Waals surface area contributed by atoms with Crippen molar-refractivity contribution in [1.29, 1.82) is 0 Å². The molecule has 0 unspecified atom stereocenters. The Hall–Kier alpha value is -1.00. The lowest BCUT2D eigenvalue weighted by Crippen LogP contribution is -2.43. The number of carbonyl (C=O) groups excluding carboxylic acids is 1. The zero-order chi connectivity index (χ0) is 16.1. The average molecular weight is 333 g/mol. The SMILES string of the molecule is CSc1ccc(CC(=O)N2CCC[C@@H](CN3CCCC3)C2)cc1. The lowest BCUT2D eigenvalue weighted by molar-refractivity contribution is -0.132. The third-order valence-electron chi connectivity index (χ3n) is 5.10. The normalized spacial score (nSPS) is 22.5. The van der Waals surface area contributed by atoms with Crippen LogP contribution in [0.15, 0.2) is 29.2 Å². The van der Waals surface area contributed by atoms with Gasteiger partial charge in [0.1, 0.15) is 0 Å². The first kappa shape index (κ1) is 16.8. The molecule has 0 radical (unpaired) electrons. The maximum absolute atomic E-state index is 12.6. The van der Waals surface area contributed by atoms with Crippen LogP contribution in [0.2, 0.25) is 0 Å². The number of rotatable bonds is 5. The second-order valence-corrected chi connectivity index (χ2v) is 7.76. The molecule has 1 atom stereocenters. The largest absolute Gasteiger partial charge is 0.342 e. The van der Waals surface area contributed by atoms with Crippen LogP contribution in [0, 0.1) is 5.92 Å². The van der Waals surface area contributed by atoms with Crippen LogP contribution in [0.3, 0.4) is 0 Å². The Balaban J connectivity index is 1.51. The molecule has 1 aromatic rings. The summed E-state index contributed by atoms with van der Waals surface area (Å²) in [5.74, 6) is 0.970. The Morgan fingerprint density at radius 2 is 1.87 bits per heavy atom. The van der Waals surface area contributed by atoms with Crippen molar-refractivity contribution >= 4 is 17.7 Å². The molecule has 0 aliphatic carbocycles. The van der Waals surface area contributed by atoms with Crippen LogP contribution in [0.5, 0.6) is 0 Å². The van der Waals surface area contributed by atoms with Gasteiger partial charge in [-0.25, -0.2) is 0 Å². The zero-order valence-corrected chi connectivity index (χ0v) is 15.0. The Bertz CT molecular complexity index is 511. The van der Waals surface area contributed by atoms with E-state index in [-0.39, 0.29) is 0 Å². The fourth-order valence-electron chi connectivity index (χ4n) is 3.80. The Morgan fingerprint density at radius 1 is 1.13 bits per heavy atom. The fourth-order valence-corrected chi connectivity index (χ4v) is 4.21. The van der Waals surface area contributed by atoms with Crippen molar-refractivity contribution in [1.82, 2.24) is 9.80 Å². The van der Waals surface area contributed by atoms with Crippen LogP contribution in [-0.4, -0.2) is 54.7 Å². The Kier molecular flexibility index (Phi) is 6.01. The molecule has 1 aromatic carbocycles. The second kappa shape index (κ2) is 8.20. The molecule has 0 aromatic heterocycles. The van der Waals surface area contributed by atoms with Crippen molar-refractivity contribution in [3.8, 4) is 0 Å². The molecule has 4 heteroatoms. The Morgan fingerprint density at radius 3 is 2.57 bits per heavy atom. The fraction of sp³-hybridized carbons (Fsp3) is 0.632. The summed E-state index contributed by atoms with van der Waals surface area (Å²) in [4.78, 5) is 18.6. The van der Waals surface area contributed by atoms with Crippen molar-refractivity contribution in [2.24, 2.45) is 5.92 Å². The van der Waals surface area contributed by atoms with Crippen molar-refractivity contribution in [2.45, 2.75) is 37.0 Å². The summed E-state index contributed by atoms with van der Waals surface area (Å²) < 4.78 is 0. The van der Waals surface area contributed by atoms with E-state index in [2.05, 4.69) is 40.3 Å². The summed E-state index contributed by atoms with van der Waals surface area (Å²) in [5.41, 5.74) is 1.13. The lowest BCUT2D eigenvalue weighted by Gasteiger charge is -2.34. The molecular weight excluding hydrogens is 304 g/mol. The smallest absolute Gasteiger partial charge is 0.226 e. The molecule has 0 spiro atoms. The molecular formula is C19H28N2OS. The topological polar surface area (TPSA) is 23.6 Å². The average Bonchev–Trinajstić information content (AvgIpc) is 3.09. The van der Waals surface area contributed by atoms with E-state index in [1.807, 2.05) is 0 Å². The summed E-state index contributed by atoms with van der Waals surface area (Å²) in [6.07, 6.45) is 7.76. The van der Waals surface area contributed by atoms with E-state index in [9.17, 15) is 4.79 Å². The monoisotopic (exact) mass is 332 g/mol. The van der Waals surface area contributed by atoms with Crippen molar-refractivity contribution in [3.05, 3.63) is 29.8 Å². The van der Waals surface area contributed by atoms with Crippen LogP contribution in [0.25, 0.3) is 0 Å². The van der Waals surface area contributed by atoms with Gasteiger partial charge in [0, 0.05) is 24.5 Å². The number of piperidine rings is 1. The number of nitrogens with zero attached hydrogens (tertiary/aromatic N) is 2. The maximum Gasteiger partial charge on any atom is 0.226 e. The highest BCUT2D eigenvalue weighted by Gasteiger charge is 2.26. The summed E-state index contributed by atoms with van der Waals surface area (Å²) in [5, 5.41) is 0. The van der Waals surface area contributed by atoms with E-state index in [4.69, 9.17) is 0 Å². The van der Waals surface area contributed by atoms with E-state index in [0.29, 0.717) is 18.2 Å². The number of amides is 1. The molecule has 0 saturated carbocycles. The van der Waals surface area contributed by atoms with Gasteiger partial charge in [0.25, 0.3) is 0 Å². The minimum Gasteiger partial charge on any atom is -0.342 e. The number of hydrogen-bond donors (Lipinski definition) is 0. The predicted molar refractivity (Wildman–Crippen MR) is 96.9 cm³/mol. The highest BCUT2D eigenvalue weighted by molar-refractivity contribution is 7.98. The number of thioether (sulfide) groups is 1. The third kappa shape index (κ3) is 4.74. The minimum absolute atomic E-state index is 0.299. The van der Waals surface area contributed by atoms with Crippen LogP contribution in [-0.2, 0) is 11.2 Å². The van der Waals surface area contributed by atoms with Crippen molar-refractivity contribution in [2.75, 3.05) is 39.0 Å². The standard InChI is InChI=1S/C19H28N2OS/c1-23-18-8-6-16(7-9-18)13-19(22)21-12-4-5-17(15-21)14-20-10-2-3-11-20/h6-9,17H,2-5,10-15H2,1H3/t17-/m0/s1. The first-order valence-corrected chi connectivity index (χ1v) is 10.1. The minimum atomic E-state index is 0.299. The van der Waals surface area contributed by atoms with Crippen LogP contribution >= 0.6 is 11.8 Å². The molecule has 3 rings (SSSR count). The van der Waals surface area contributed by atoms with Gasteiger partial charge >= 0.3 is 0 Å². The van der Waals surface area contributed by atoms with Crippen molar-refractivity contribution in [3.63, 3.8) is 0 Å². The molecule has 0 N–H and O–H groups in total. The maximum atomic E-state index is 12.6. The van der Waals surface area contributed by atoms with Gasteiger partial charge in [0.15, 0.2) is 0 Å². The van der Waals surface area contributed by atoms with Gasteiger partial charge in [-0.2, -0.15) is 0 Å². The van der Waals surface area contributed by atoms with E-state index >= 15 is 0 Å². The Labute approximate surface area is 144 Å². The van der Waals surface area contributed by atoms with E-state index in [0.717, 1.165) is 25.1 Å². The molecule has 2 saturated heterocycles. The number of hydrogen-bond acceptors (Lipinski definition) is 3. The number of carbonyl (C=O) groups is 1. The summed E-state index contributed by atoms with van der Waals surface area (Å²) in [7, 11) is 0. The molecule has 0 bridgehead atoms. The third-order valence-corrected chi connectivity index (χ3v) is 5.84. The van der Waals surface area contributed by atoms with Crippen molar-refractivity contribution < 1.29 is 4.79 Å². The molecule has 2 aliphatic heterocycles. The van der Waals surface area contributed by atoms with Crippen LogP contribution in [0.1, 0.15) is 31.2 Å². The first-order valence-electron chi connectivity index (χ1n) is 8.87. The zero-order valence-electron chi connectivity index (χ0n) is 14.2. The summed E-state index contributed by atoms with van der Waals surface area (Å²) >= 11 is 1.74. The van der Waals surface area contributed by atoms with Crippen LogP contribution in [0.4, 0.5) is 0 Å². The highest BCUT2D eigenvalue weighted by Crippen LogP contribution is 2.21. The lowest BCUT2D eigenvalue weighted by atomic mass is 9.97. The molecule has 2 aliphatic rings. The van der Waals surface area contributed by atoms with E-state index in [1.165, 1.54) is 43.8 Å². The number of benzene rings is 1. The molecule has 3 nitrogen and oxygen atoms in total. The predicted octanol–water partition coefficient (Wildman–Crippen LogP) is 3.29.